The molecule has 20 heavy (non-hydrogen) atoms. The van der Waals surface area contributed by atoms with Crippen molar-refractivity contribution in [2.24, 2.45) is 5.92 Å². The van der Waals surface area contributed by atoms with E-state index in [0.29, 0.717) is 23.4 Å². The lowest BCUT2D eigenvalue weighted by atomic mass is 10.1. The molecule has 1 unspecified atom stereocenters. The van der Waals surface area contributed by atoms with E-state index < -0.39 is 0 Å². The van der Waals surface area contributed by atoms with E-state index in [1.807, 2.05) is 12.1 Å². The summed E-state index contributed by atoms with van der Waals surface area (Å²) in [5.41, 5.74) is 0. The lowest BCUT2D eigenvalue weighted by molar-refractivity contribution is 0.251. The Labute approximate surface area is 122 Å². The standard InChI is InChI=1S/C14H15ClN4O/c15-12-2-1-4-18-14(12)19-7-3-11(9-19)10-20-13-8-16-5-6-17-13/h1-2,4-6,8,11H,3,7,9-10H2. The Morgan fingerprint density at radius 2 is 2.25 bits per heavy atom. The summed E-state index contributed by atoms with van der Waals surface area (Å²) in [6.45, 7) is 2.49. The van der Waals surface area contributed by atoms with E-state index in [0.717, 1.165) is 25.3 Å². The van der Waals surface area contributed by atoms with Crippen molar-refractivity contribution in [2.45, 2.75) is 6.42 Å². The minimum Gasteiger partial charge on any atom is -0.476 e. The number of anilines is 1. The Kier molecular flexibility index (Phi) is 3.97. The highest BCUT2D eigenvalue weighted by Crippen LogP contribution is 2.28. The van der Waals surface area contributed by atoms with E-state index in [2.05, 4.69) is 19.9 Å². The minimum absolute atomic E-state index is 0.454. The molecule has 2 aromatic heterocycles. The molecule has 0 amide bonds. The highest BCUT2D eigenvalue weighted by Gasteiger charge is 2.25. The van der Waals surface area contributed by atoms with Crippen LogP contribution in [0.15, 0.2) is 36.9 Å². The first-order valence-corrected chi connectivity index (χ1v) is 6.95. The van der Waals surface area contributed by atoms with Crippen molar-refractivity contribution in [1.29, 1.82) is 0 Å². The fourth-order valence-corrected chi connectivity index (χ4v) is 2.58. The Hall–Kier alpha value is -1.88. The van der Waals surface area contributed by atoms with Crippen molar-refractivity contribution in [2.75, 3.05) is 24.6 Å². The van der Waals surface area contributed by atoms with Gasteiger partial charge >= 0.3 is 0 Å². The van der Waals surface area contributed by atoms with E-state index >= 15 is 0 Å². The number of halogens is 1. The minimum atomic E-state index is 0.454. The van der Waals surface area contributed by atoms with Gasteiger partial charge in [-0.3, -0.25) is 4.98 Å². The van der Waals surface area contributed by atoms with E-state index in [-0.39, 0.29) is 0 Å². The molecule has 0 N–H and O–H groups in total. The van der Waals surface area contributed by atoms with Crippen LogP contribution in [0.5, 0.6) is 5.88 Å². The molecule has 0 radical (unpaired) electrons. The van der Waals surface area contributed by atoms with Gasteiger partial charge in [-0.25, -0.2) is 9.97 Å². The fraction of sp³-hybridized carbons (Fsp3) is 0.357. The largest absolute Gasteiger partial charge is 0.476 e. The first-order chi connectivity index (χ1) is 9.83. The van der Waals surface area contributed by atoms with Gasteiger partial charge in [0.1, 0.15) is 5.82 Å². The van der Waals surface area contributed by atoms with Crippen LogP contribution in [0.4, 0.5) is 5.82 Å². The van der Waals surface area contributed by atoms with Gasteiger partial charge in [0.2, 0.25) is 5.88 Å². The highest BCUT2D eigenvalue weighted by atomic mass is 35.5. The molecule has 6 heteroatoms. The maximum absolute atomic E-state index is 6.17. The lowest BCUT2D eigenvalue weighted by Gasteiger charge is -2.18. The summed E-state index contributed by atoms with van der Waals surface area (Å²) >= 11 is 6.17. The van der Waals surface area contributed by atoms with Crippen LogP contribution in [0, 0.1) is 5.92 Å². The number of aromatic nitrogens is 3. The zero-order valence-electron chi connectivity index (χ0n) is 10.9. The molecule has 0 spiro atoms. The summed E-state index contributed by atoms with van der Waals surface area (Å²) in [5.74, 6) is 1.88. The second-order valence-corrected chi connectivity index (χ2v) is 5.17. The number of ether oxygens (including phenoxy) is 1. The van der Waals surface area contributed by atoms with Crippen LogP contribution in [0.2, 0.25) is 5.02 Å². The number of hydrogen-bond donors (Lipinski definition) is 0. The summed E-state index contributed by atoms with van der Waals surface area (Å²) in [6, 6.07) is 3.71. The van der Waals surface area contributed by atoms with E-state index in [4.69, 9.17) is 16.3 Å². The Morgan fingerprint density at radius 1 is 1.30 bits per heavy atom. The third-order valence-corrected chi connectivity index (χ3v) is 3.63. The predicted molar refractivity (Wildman–Crippen MR) is 77.1 cm³/mol. The first-order valence-electron chi connectivity index (χ1n) is 6.57. The van der Waals surface area contributed by atoms with Crippen LogP contribution in [-0.4, -0.2) is 34.6 Å². The van der Waals surface area contributed by atoms with E-state index in [1.165, 1.54) is 0 Å². The lowest BCUT2D eigenvalue weighted by Crippen LogP contribution is -2.23. The molecular weight excluding hydrogens is 276 g/mol. The summed E-state index contributed by atoms with van der Waals surface area (Å²) in [7, 11) is 0. The summed E-state index contributed by atoms with van der Waals surface area (Å²) in [4.78, 5) is 14.6. The van der Waals surface area contributed by atoms with Crippen LogP contribution in [-0.2, 0) is 0 Å². The molecule has 3 rings (SSSR count). The Morgan fingerprint density at radius 3 is 3.05 bits per heavy atom. The fourth-order valence-electron chi connectivity index (χ4n) is 2.33. The normalized spacial score (nSPS) is 18.2. The molecule has 0 aliphatic carbocycles. The van der Waals surface area contributed by atoms with Crippen LogP contribution in [0.1, 0.15) is 6.42 Å². The third kappa shape index (κ3) is 2.99. The third-order valence-electron chi connectivity index (χ3n) is 3.33. The average Bonchev–Trinajstić information content (AvgIpc) is 2.95. The van der Waals surface area contributed by atoms with Gasteiger partial charge in [0.15, 0.2) is 0 Å². The molecule has 1 saturated heterocycles. The molecule has 5 nitrogen and oxygen atoms in total. The second kappa shape index (κ2) is 6.05. The molecule has 0 bridgehead atoms. The van der Waals surface area contributed by atoms with E-state index in [9.17, 15) is 0 Å². The summed E-state index contributed by atoms with van der Waals surface area (Å²) in [5, 5.41) is 0.697. The number of rotatable bonds is 4. The maximum atomic E-state index is 6.17. The number of pyridine rings is 1. The Bertz CT molecular complexity index is 566. The van der Waals surface area contributed by atoms with Crippen LogP contribution < -0.4 is 9.64 Å². The number of nitrogens with zero attached hydrogens (tertiary/aromatic N) is 4. The van der Waals surface area contributed by atoms with Gasteiger partial charge in [0, 0.05) is 37.6 Å². The van der Waals surface area contributed by atoms with Crippen LogP contribution in [0.25, 0.3) is 0 Å². The van der Waals surface area contributed by atoms with Crippen molar-refractivity contribution in [3.63, 3.8) is 0 Å². The smallest absolute Gasteiger partial charge is 0.232 e. The van der Waals surface area contributed by atoms with Gasteiger partial charge in [0.25, 0.3) is 0 Å². The van der Waals surface area contributed by atoms with Gasteiger partial charge in [-0.1, -0.05) is 11.6 Å². The first kappa shape index (κ1) is 13.1. The average molecular weight is 291 g/mol. The second-order valence-electron chi connectivity index (χ2n) is 4.76. The topological polar surface area (TPSA) is 51.1 Å². The van der Waals surface area contributed by atoms with Crippen LogP contribution >= 0.6 is 11.6 Å². The van der Waals surface area contributed by atoms with Gasteiger partial charge in [-0.05, 0) is 18.6 Å². The zero-order chi connectivity index (χ0) is 13.8. The molecule has 3 heterocycles. The predicted octanol–water partition coefficient (Wildman–Crippen LogP) is 2.43. The number of hydrogen-bond acceptors (Lipinski definition) is 5. The molecule has 1 atom stereocenters. The van der Waals surface area contributed by atoms with Crippen molar-refractivity contribution in [3.8, 4) is 5.88 Å². The summed E-state index contributed by atoms with van der Waals surface area (Å²) in [6.07, 6.45) is 7.72. The summed E-state index contributed by atoms with van der Waals surface area (Å²) < 4.78 is 5.65. The molecule has 0 saturated carbocycles. The van der Waals surface area contributed by atoms with Crippen molar-refractivity contribution >= 4 is 17.4 Å². The Balaban J connectivity index is 1.56. The van der Waals surface area contributed by atoms with Gasteiger partial charge in [-0.2, -0.15) is 0 Å². The van der Waals surface area contributed by atoms with Gasteiger partial charge in [-0.15, -0.1) is 0 Å². The van der Waals surface area contributed by atoms with Crippen LogP contribution in [0.3, 0.4) is 0 Å². The maximum Gasteiger partial charge on any atom is 0.232 e. The molecule has 0 aromatic carbocycles. The van der Waals surface area contributed by atoms with Gasteiger partial charge < -0.3 is 9.64 Å². The highest BCUT2D eigenvalue weighted by molar-refractivity contribution is 6.32. The van der Waals surface area contributed by atoms with Crippen molar-refractivity contribution in [1.82, 2.24) is 15.0 Å². The molecule has 1 aliphatic heterocycles. The monoisotopic (exact) mass is 290 g/mol. The SMILES string of the molecule is Clc1cccnc1N1CCC(COc2cnccn2)C1. The molecular formula is C14H15ClN4O. The van der Waals surface area contributed by atoms with E-state index in [1.54, 1.807) is 24.8 Å². The molecule has 2 aromatic rings. The van der Waals surface area contributed by atoms with Crippen molar-refractivity contribution in [3.05, 3.63) is 41.9 Å². The van der Waals surface area contributed by atoms with Crippen molar-refractivity contribution < 1.29 is 4.74 Å². The molecule has 104 valence electrons. The molecule has 1 aliphatic rings. The molecule has 1 fully saturated rings. The zero-order valence-corrected chi connectivity index (χ0v) is 11.7. The van der Waals surface area contributed by atoms with Gasteiger partial charge in [0.05, 0.1) is 17.8 Å². The quantitative estimate of drug-likeness (QED) is 0.865.